The first kappa shape index (κ1) is 17.5. The van der Waals surface area contributed by atoms with Gasteiger partial charge in [0.25, 0.3) is 5.91 Å². The lowest BCUT2D eigenvalue weighted by Crippen LogP contribution is -2.36. The van der Waals surface area contributed by atoms with E-state index in [0.717, 1.165) is 22.0 Å². The molecule has 0 bridgehead atoms. The lowest BCUT2D eigenvalue weighted by Gasteiger charge is -2.07. The number of fused-ring (bicyclic) bond motifs is 1. The second-order valence-electron chi connectivity index (χ2n) is 5.81. The van der Waals surface area contributed by atoms with E-state index in [1.54, 1.807) is 6.07 Å². The number of H-pyrrole nitrogens is 1. The predicted octanol–water partition coefficient (Wildman–Crippen LogP) is 1.88. The lowest BCUT2D eigenvalue weighted by atomic mass is 10.1. The zero-order valence-corrected chi connectivity index (χ0v) is 14.5. The summed E-state index contributed by atoms with van der Waals surface area (Å²) in [6, 6.07) is 15.3. The van der Waals surface area contributed by atoms with Crippen molar-refractivity contribution in [3.8, 4) is 5.75 Å². The van der Waals surface area contributed by atoms with Crippen molar-refractivity contribution in [3.63, 3.8) is 0 Å². The molecule has 0 aliphatic rings. The standard InChI is InChI=1S/C19H21N5O2/c1-22-19(21)24-18(25)17-8-14-5-6-15(9-16(14)23-17)26-11-13-4-2-3-12(7-13)10-20/h2-9,23H,10-11,20H2,1H3,(H3,21,22,24,25). The maximum absolute atomic E-state index is 12.1. The van der Waals surface area contributed by atoms with Gasteiger partial charge < -0.3 is 21.2 Å². The van der Waals surface area contributed by atoms with Gasteiger partial charge in [-0.2, -0.15) is 0 Å². The molecule has 3 aromatic rings. The van der Waals surface area contributed by atoms with Gasteiger partial charge in [-0.3, -0.25) is 15.1 Å². The minimum Gasteiger partial charge on any atom is -0.489 e. The Morgan fingerprint density at radius 1 is 1.19 bits per heavy atom. The van der Waals surface area contributed by atoms with Gasteiger partial charge in [-0.25, -0.2) is 0 Å². The molecule has 0 saturated carbocycles. The normalized spacial score (nSPS) is 11.5. The average molecular weight is 351 g/mol. The van der Waals surface area contributed by atoms with E-state index in [1.165, 1.54) is 7.05 Å². The van der Waals surface area contributed by atoms with Crippen molar-refractivity contribution < 1.29 is 9.53 Å². The van der Waals surface area contributed by atoms with E-state index in [2.05, 4.69) is 15.3 Å². The second kappa shape index (κ2) is 7.71. The number of aliphatic imine (C=N–C) groups is 1. The predicted molar refractivity (Wildman–Crippen MR) is 102 cm³/mol. The number of carbonyl (C=O) groups is 1. The van der Waals surface area contributed by atoms with Crippen LogP contribution in [0.15, 0.2) is 53.5 Å². The van der Waals surface area contributed by atoms with Crippen molar-refractivity contribution >= 4 is 22.8 Å². The molecule has 0 radical (unpaired) electrons. The largest absolute Gasteiger partial charge is 0.489 e. The number of nitrogens with two attached hydrogens (primary N) is 2. The molecule has 0 unspecified atom stereocenters. The Kier molecular flexibility index (Phi) is 5.19. The van der Waals surface area contributed by atoms with Crippen molar-refractivity contribution in [1.29, 1.82) is 0 Å². The first-order valence-electron chi connectivity index (χ1n) is 8.16. The van der Waals surface area contributed by atoms with Gasteiger partial charge >= 0.3 is 0 Å². The van der Waals surface area contributed by atoms with Gasteiger partial charge in [-0.1, -0.05) is 24.3 Å². The Labute approximate surface area is 151 Å². The molecule has 7 heteroatoms. The lowest BCUT2D eigenvalue weighted by molar-refractivity contribution is 0.0972. The maximum Gasteiger partial charge on any atom is 0.274 e. The summed E-state index contributed by atoms with van der Waals surface area (Å²) in [5.74, 6) is 0.432. The molecule has 6 N–H and O–H groups in total. The van der Waals surface area contributed by atoms with Crippen LogP contribution in [-0.4, -0.2) is 23.9 Å². The molecule has 2 aromatic carbocycles. The fourth-order valence-corrected chi connectivity index (χ4v) is 2.57. The molecule has 134 valence electrons. The summed E-state index contributed by atoms with van der Waals surface area (Å²) in [7, 11) is 1.51. The zero-order valence-electron chi connectivity index (χ0n) is 14.5. The monoisotopic (exact) mass is 351 g/mol. The zero-order chi connectivity index (χ0) is 18.5. The molecule has 0 atom stereocenters. The van der Waals surface area contributed by atoms with Crippen LogP contribution >= 0.6 is 0 Å². The molecular formula is C19H21N5O2. The third kappa shape index (κ3) is 4.01. The van der Waals surface area contributed by atoms with E-state index in [0.29, 0.717) is 24.6 Å². The van der Waals surface area contributed by atoms with Crippen LogP contribution < -0.4 is 21.5 Å². The summed E-state index contributed by atoms with van der Waals surface area (Å²) < 4.78 is 5.85. The third-order valence-electron chi connectivity index (χ3n) is 3.95. The number of aromatic amines is 1. The second-order valence-corrected chi connectivity index (χ2v) is 5.81. The van der Waals surface area contributed by atoms with Gasteiger partial charge in [0.15, 0.2) is 5.96 Å². The van der Waals surface area contributed by atoms with Crippen LogP contribution in [0.25, 0.3) is 10.9 Å². The summed E-state index contributed by atoms with van der Waals surface area (Å²) in [4.78, 5) is 18.9. The molecule has 0 fully saturated rings. The van der Waals surface area contributed by atoms with Crippen molar-refractivity contribution in [2.45, 2.75) is 13.2 Å². The number of hydrogen-bond acceptors (Lipinski definition) is 4. The van der Waals surface area contributed by atoms with E-state index >= 15 is 0 Å². The van der Waals surface area contributed by atoms with Crippen LogP contribution in [0.5, 0.6) is 5.75 Å². The minimum absolute atomic E-state index is 0.0670. The smallest absolute Gasteiger partial charge is 0.274 e. The van der Waals surface area contributed by atoms with Crippen LogP contribution in [0.2, 0.25) is 0 Å². The highest BCUT2D eigenvalue weighted by atomic mass is 16.5. The molecule has 0 aliphatic carbocycles. The van der Waals surface area contributed by atoms with Crippen molar-refractivity contribution in [2.24, 2.45) is 16.5 Å². The Morgan fingerprint density at radius 2 is 2.00 bits per heavy atom. The highest BCUT2D eigenvalue weighted by Gasteiger charge is 2.11. The van der Waals surface area contributed by atoms with E-state index in [4.69, 9.17) is 16.2 Å². The molecule has 1 amide bonds. The van der Waals surface area contributed by atoms with Gasteiger partial charge in [-0.15, -0.1) is 0 Å². The number of benzene rings is 2. The summed E-state index contributed by atoms with van der Waals surface area (Å²) in [6.07, 6.45) is 0. The summed E-state index contributed by atoms with van der Waals surface area (Å²) >= 11 is 0. The molecule has 26 heavy (non-hydrogen) atoms. The Morgan fingerprint density at radius 3 is 2.77 bits per heavy atom. The molecule has 7 nitrogen and oxygen atoms in total. The fraction of sp³-hybridized carbons (Fsp3) is 0.158. The van der Waals surface area contributed by atoms with Crippen LogP contribution in [0.1, 0.15) is 21.6 Å². The molecule has 0 spiro atoms. The Hall–Kier alpha value is -3.32. The Balaban J connectivity index is 1.73. The first-order chi connectivity index (χ1) is 12.6. The molecule has 1 heterocycles. The quantitative estimate of drug-likeness (QED) is 0.414. The van der Waals surface area contributed by atoms with E-state index < -0.39 is 0 Å². The van der Waals surface area contributed by atoms with Crippen LogP contribution in [0, 0.1) is 0 Å². The van der Waals surface area contributed by atoms with Crippen LogP contribution in [0.4, 0.5) is 0 Å². The highest BCUT2D eigenvalue weighted by Crippen LogP contribution is 2.22. The molecule has 0 saturated heterocycles. The van der Waals surface area contributed by atoms with Gasteiger partial charge in [0, 0.05) is 30.6 Å². The van der Waals surface area contributed by atoms with Gasteiger partial charge in [0.1, 0.15) is 18.1 Å². The summed E-state index contributed by atoms with van der Waals surface area (Å²) in [5, 5.41) is 3.40. The minimum atomic E-state index is -0.342. The maximum atomic E-state index is 12.1. The van der Waals surface area contributed by atoms with Crippen LogP contribution in [-0.2, 0) is 13.2 Å². The van der Waals surface area contributed by atoms with Gasteiger partial charge in [0.05, 0.1) is 0 Å². The number of aromatic nitrogens is 1. The molecule has 3 rings (SSSR count). The van der Waals surface area contributed by atoms with Crippen LogP contribution in [0.3, 0.4) is 0 Å². The van der Waals surface area contributed by atoms with Gasteiger partial charge in [0.2, 0.25) is 0 Å². The molecule has 0 aliphatic heterocycles. The van der Waals surface area contributed by atoms with E-state index in [1.807, 2.05) is 42.5 Å². The number of carbonyl (C=O) groups excluding carboxylic acids is 1. The van der Waals surface area contributed by atoms with Gasteiger partial charge in [-0.05, 0) is 29.3 Å². The summed E-state index contributed by atoms with van der Waals surface area (Å²) in [6.45, 7) is 0.942. The molecular weight excluding hydrogens is 330 g/mol. The number of amides is 1. The third-order valence-corrected chi connectivity index (χ3v) is 3.95. The number of guanidine groups is 1. The number of nitrogens with zero attached hydrogens (tertiary/aromatic N) is 1. The fourth-order valence-electron chi connectivity index (χ4n) is 2.57. The highest BCUT2D eigenvalue weighted by molar-refractivity contribution is 6.06. The van der Waals surface area contributed by atoms with Crippen molar-refractivity contribution in [2.75, 3.05) is 7.05 Å². The number of ether oxygens (including phenoxy) is 1. The SMILES string of the molecule is CN=C(N)NC(=O)c1cc2ccc(OCc3cccc(CN)c3)cc2[nH]1. The molecule has 1 aromatic heterocycles. The first-order valence-corrected chi connectivity index (χ1v) is 8.16. The number of rotatable bonds is 5. The Bertz CT molecular complexity index is 961. The number of hydrogen-bond donors (Lipinski definition) is 4. The van der Waals surface area contributed by atoms with E-state index in [9.17, 15) is 4.79 Å². The summed E-state index contributed by atoms with van der Waals surface area (Å²) in [5.41, 5.74) is 14.5. The number of nitrogens with one attached hydrogen (secondary N) is 2. The van der Waals surface area contributed by atoms with Crippen molar-refractivity contribution in [3.05, 3.63) is 65.4 Å². The topological polar surface area (TPSA) is 119 Å². The van der Waals surface area contributed by atoms with Crippen molar-refractivity contribution in [1.82, 2.24) is 10.3 Å². The van der Waals surface area contributed by atoms with E-state index in [-0.39, 0.29) is 11.9 Å². The average Bonchev–Trinajstić information content (AvgIpc) is 3.10.